The highest BCUT2D eigenvalue weighted by atomic mass is 32.2. The van der Waals surface area contributed by atoms with Crippen LogP contribution in [0.25, 0.3) is 4.96 Å². The highest BCUT2D eigenvalue weighted by Crippen LogP contribution is 2.27. The molecule has 8 heteroatoms. The van der Waals surface area contributed by atoms with Crippen LogP contribution in [0.15, 0.2) is 16.6 Å². The maximum Gasteiger partial charge on any atom is 0.260 e. The second-order valence-electron chi connectivity index (χ2n) is 5.07. The summed E-state index contributed by atoms with van der Waals surface area (Å²) in [6.07, 6.45) is 6.37. The minimum Gasteiger partial charge on any atom is -0.371 e. The summed E-state index contributed by atoms with van der Waals surface area (Å²) in [5.41, 5.74) is 0. The molecular formula is C12H18N4O2S2. The van der Waals surface area contributed by atoms with Crippen molar-refractivity contribution in [2.75, 3.05) is 18.9 Å². The Morgan fingerprint density at radius 2 is 2.20 bits per heavy atom. The first-order valence-electron chi connectivity index (χ1n) is 6.75. The van der Waals surface area contributed by atoms with Gasteiger partial charge in [-0.25, -0.2) is 18.1 Å². The molecule has 1 fully saturated rings. The van der Waals surface area contributed by atoms with Gasteiger partial charge in [-0.05, 0) is 18.8 Å². The van der Waals surface area contributed by atoms with E-state index in [4.69, 9.17) is 0 Å². The summed E-state index contributed by atoms with van der Waals surface area (Å²) in [5, 5.41) is 4.89. The highest BCUT2D eigenvalue weighted by molar-refractivity contribution is 7.89. The van der Waals surface area contributed by atoms with Gasteiger partial charge in [-0.2, -0.15) is 0 Å². The summed E-state index contributed by atoms with van der Waals surface area (Å²) in [5.74, 6) is 0.865. The Hall–Kier alpha value is -1.12. The standard InChI is InChI=1S/C12H18N4O2S2/c1-13-10-11(16-6-7-19-12(16)15-10)20(17,18)14-8-9-4-2-3-5-9/h6-7,9,13-14H,2-5,8H2,1H3. The van der Waals surface area contributed by atoms with Crippen molar-refractivity contribution in [2.45, 2.75) is 30.7 Å². The second kappa shape index (κ2) is 5.34. The van der Waals surface area contributed by atoms with E-state index in [0.717, 1.165) is 12.8 Å². The first-order valence-corrected chi connectivity index (χ1v) is 9.11. The van der Waals surface area contributed by atoms with Crippen LogP contribution in [0, 0.1) is 5.92 Å². The van der Waals surface area contributed by atoms with Gasteiger partial charge in [-0.1, -0.05) is 12.8 Å². The first-order chi connectivity index (χ1) is 9.62. The van der Waals surface area contributed by atoms with Gasteiger partial charge in [0.25, 0.3) is 10.0 Å². The normalized spacial score (nSPS) is 17.1. The van der Waals surface area contributed by atoms with Crippen LogP contribution in [0.5, 0.6) is 0 Å². The van der Waals surface area contributed by atoms with E-state index in [9.17, 15) is 8.42 Å². The van der Waals surface area contributed by atoms with E-state index in [1.165, 1.54) is 24.2 Å². The molecule has 110 valence electrons. The number of sulfonamides is 1. The fourth-order valence-electron chi connectivity index (χ4n) is 2.70. The summed E-state index contributed by atoms with van der Waals surface area (Å²) in [4.78, 5) is 4.96. The van der Waals surface area contributed by atoms with Crippen molar-refractivity contribution in [3.8, 4) is 0 Å². The van der Waals surface area contributed by atoms with Crippen LogP contribution >= 0.6 is 11.3 Å². The molecule has 3 rings (SSSR count). The molecule has 0 unspecified atom stereocenters. The van der Waals surface area contributed by atoms with E-state index < -0.39 is 10.0 Å². The number of rotatable bonds is 5. The SMILES string of the molecule is CNc1nc2sccn2c1S(=O)(=O)NCC1CCCC1. The number of nitrogens with one attached hydrogen (secondary N) is 2. The molecule has 0 radical (unpaired) electrons. The van der Waals surface area contributed by atoms with Gasteiger partial charge < -0.3 is 5.32 Å². The molecule has 0 spiro atoms. The minimum absolute atomic E-state index is 0.203. The number of hydrogen-bond acceptors (Lipinski definition) is 5. The van der Waals surface area contributed by atoms with Crippen LogP contribution in [0.4, 0.5) is 5.82 Å². The van der Waals surface area contributed by atoms with Gasteiger partial charge in [0.1, 0.15) is 0 Å². The first kappa shape index (κ1) is 13.8. The Labute approximate surface area is 122 Å². The third-order valence-electron chi connectivity index (χ3n) is 3.75. The number of fused-ring (bicyclic) bond motifs is 1. The molecule has 0 amide bonds. The Balaban J connectivity index is 1.89. The smallest absolute Gasteiger partial charge is 0.260 e. The lowest BCUT2D eigenvalue weighted by atomic mass is 10.1. The largest absolute Gasteiger partial charge is 0.371 e. The lowest BCUT2D eigenvalue weighted by Gasteiger charge is -2.11. The highest BCUT2D eigenvalue weighted by Gasteiger charge is 2.26. The van der Waals surface area contributed by atoms with E-state index in [-0.39, 0.29) is 5.03 Å². The molecule has 0 bridgehead atoms. The third-order valence-corrected chi connectivity index (χ3v) is 5.95. The number of nitrogens with zero attached hydrogens (tertiary/aromatic N) is 2. The monoisotopic (exact) mass is 314 g/mol. The van der Waals surface area contributed by atoms with E-state index in [1.54, 1.807) is 17.6 Å². The van der Waals surface area contributed by atoms with Gasteiger partial charge in [0.15, 0.2) is 15.8 Å². The van der Waals surface area contributed by atoms with Crippen LogP contribution in [-0.2, 0) is 10.0 Å². The van der Waals surface area contributed by atoms with Gasteiger partial charge in [-0.3, -0.25) is 4.40 Å². The van der Waals surface area contributed by atoms with Crippen molar-refractivity contribution >= 4 is 32.1 Å². The van der Waals surface area contributed by atoms with Gasteiger partial charge in [-0.15, -0.1) is 11.3 Å². The lowest BCUT2D eigenvalue weighted by molar-refractivity contribution is 0.518. The Morgan fingerprint density at radius 3 is 2.90 bits per heavy atom. The summed E-state index contributed by atoms with van der Waals surface area (Å²) in [7, 11) is -1.87. The Morgan fingerprint density at radius 1 is 1.45 bits per heavy atom. The van der Waals surface area contributed by atoms with Gasteiger partial charge in [0.2, 0.25) is 0 Å². The number of aromatic nitrogens is 2. The average molecular weight is 314 g/mol. The molecule has 1 aliphatic carbocycles. The summed E-state index contributed by atoms with van der Waals surface area (Å²) >= 11 is 1.42. The second-order valence-corrected chi connectivity index (χ2v) is 7.63. The van der Waals surface area contributed by atoms with Crippen molar-refractivity contribution < 1.29 is 8.42 Å². The van der Waals surface area contributed by atoms with Gasteiger partial charge in [0.05, 0.1) is 0 Å². The van der Waals surface area contributed by atoms with Crippen LogP contribution in [0.3, 0.4) is 0 Å². The molecule has 6 nitrogen and oxygen atoms in total. The molecule has 2 aromatic heterocycles. The predicted molar refractivity (Wildman–Crippen MR) is 79.8 cm³/mol. The zero-order chi connectivity index (χ0) is 14.2. The van der Waals surface area contributed by atoms with Crippen molar-refractivity contribution in [2.24, 2.45) is 5.92 Å². The van der Waals surface area contributed by atoms with E-state index in [0.29, 0.717) is 23.2 Å². The molecule has 2 N–H and O–H groups in total. The van der Waals surface area contributed by atoms with Gasteiger partial charge >= 0.3 is 0 Å². The van der Waals surface area contributed by atoms with Crippen molar-refractivity contribution in [1.29, 1.82) is 0 Å². The van der Waals surface area contributed by atoms with Gasteiger partial charge in [0, 0.05) is 25.2 Å². The fraction of sp³-hybridized carbons (Fsp3) is 0.583. The van der Waals surface area contributed by atoms with E-state index >= 15 is 0 Å². The zero-order valence-electron chi connectivity index (χ0n) is 11.3. The molecule has 1 saturated carbocycles. The number of anilines is 1. The topological polar surface area (TPSA) is 75.5 Å². The van der Waals surface area contributed by atoms with Crippen LogP contribution < -0.4 is 10.0 Å². The molecule has 0 atom stereocenters. The minimum atomic E-state index is -3.55. The number of imidazole rings is 1. The van der Waals surface area contributed by atoms with Crippen molar-refractivity contribution in [3.05, 3.63) is 11.6 Å². The molecule has 20 heavy (non-hydrogen) atoms. The van der Waals surface area contributed by atoms with Crippen molar-refractivity contribution in [1.82, 2.24) is 14.1 Å². The molecule has 0 aromatic carbocycles. The summed E-state index contributed by atoms with van der Waals surface area (Å²) in [6, 6.07) is 0. The molecule has 2 aromatic rings. The maximum absolute atomic E-state index is 12.5. The zero-order valence-corrected chi connectivity index (χ0v) is 12.9. The Bertz CT molecular complexity index is 698. The van der Waals surface area contributed by atoms with Crippen LogP contribution in [0.1, 0.15) is 25.7 Å². The quantitative estimate of drug-likeness (QED) is 0.884. The number of thiazole rings is 1. The molecular weight excluding hydrogens is 296 g/mol. The van der Waals surface area contributed by atoms with Crippen molar-refractivity contribution in [3.63, 3.8) is 0 Å². The fourth-order valence-corrected chi connectivity index (χ4v) is 4.87. The summed E-state index contributed by atoms with van der Waals surface area (Å²) in [6.45, 7) is 0.517. The predicted octanol–water partition coefficient (Wildman–Crippen LogP) is 1.91. The average Bonchev–Trinajstić information content (AvgIpc) is 3.11. The molecule has 0 aliphatic heterocycles. The maximum atomic E-state index is 12.5. The molecule has 2 heterocycles. The van der Waals surface area contributed by atoms with E-state index in [2.05, 4.69) is 15.0 Å². The van der Waals surface area contributed by atoms with Crippen LogP contribution in [0.2, 0.25) is 0 Å². The third kappa shape index (κ3) is 2.43. The summed E-state index contributed by atoms with van der Waals surface area (Å²) < 4.78 is 29.4. The van der Waals surface area contributed by atoms with E-state index in [1.807, 2.05) is 5.38 Å². The number of hydrogen-bond donors (Lipinski definition) is 2. The van der Waals surface area contributed by atoms with Crippen LogP contribution in [-0.4, -0.2) is 31.4 Å². The Kier molecular flexibility index (Phi) is 3.70. The molecule has 0 saturated heterocycles. The molecule has 1 aliphatic rings. The lowest BCUT2D eigenvalue weighted by Crippen LogP contribution is -2.29.